The number of hydrogen-bond acceptors (Lipinski definition) is 10. The van der Waals surface area contributed by atoms with E-state index in [1.165, 1.54) is 24.6 Å². The summed E-state index contributed by atoms with van der Waals surface area (Å²) >= 11 is 1.41. The Morgan fingerprint density at radius 3 is 2.62 bits per heavy atom. The van der Waals surface area contributed by atoms with Crippen molar-refractivity contribution in [1.29, 1.82) is 0 Å². The molecule has 39 heavy (non-hydrogen) atoms. The molecule has 2 aromatic carbocycles. The second kappa shape index (κ2) is 9.24. The lowest BCUT2D eigenvalue weighted by molar-refractivity contribution is -0.114. The van der Waals surface area contributed by atoms with Crippen molar-refractivity contribution in [2.24, 2.45) is 0 Å². The number of nitrogens with one attached hydrogen (secondary N) is 1. The Bertz CT molecular complexity index is 1890. The Morgan fingerprint density at radius 1 is 1.03 bits per heavy atom. The molecule has 194 valence electrons. The van der Waals surface area contributed by atoms with Gasteiger partial charge in [0.1, 0.15) is 23.5 Å². The van der Waals surface area contributed by atoms with Crippen molar-refractivity contribution >= 4 is 66.3 Å². The summed E-state index contributed by atoms with van der Waals surface area (Å²) < 4.78 is 2.76. The summed E-state index contributed by atoms with van der Waals surface area (Å²) in [6.45, 7) is 3.76. The molecule has 0 aliphatic carbocycles. The number of amides is 1. The number of aromatic nitrogens is 7. The fourth-order valence-electron chi connectivity index (χ4n) is 5.08. The molecule has 11 nitrogen and oxygen atoms in total. The van der Waals surface area contributed by atoms with E-state index < -0.39 is 0 Å². The van der Waals surface area contributed by atoms with Crippen molar-refractivity contribution < 1.29 is 4.79 Å². The predicted octanol–water partition coefficient (Wildman–Crippen LogP) is 4.24. The monoisotopic (exact) mass is 536 g/mol. The number of nitrogens with zero attached hydrogens (tertiary/aromatic N) is 8. The number of carbonyl (C=O) groups is 1. The number of rotatable bonds is 5. The van der Waals surface area contributed by atoms with Crippen LogP contribution in [0.15, 0.2) is 48.8 Å². The minimum Gasteiger partial charge on any atom is -0.383 e. The third-order valence-corrected chi connectivity index (χ3v) is 7.76. The highest BCUT2D eigenvalue weighted by atomic mass is 32.1. The van der Waals surface area contributed by atoms with Crippen LogP contribution in [0.5, 0.6) is 0 Å². The topological polar surface area (TPSA) is 141 Å². The van der Waals surface area contributed by atoms with Crippen molar-refractivity contribution in [2.75, 3.05) is 29.0 Å². The van der Waals surface area contributed by atoms with Crippen LogP contribution in [-0.2, 0) is 11.3 Å². The van der Waals surface area contributed by atoms with Gasteiger partial charge in [-0.15, -0.1) is 0 Å². The molecule has 1 saturated heterocycles. The van der Waals surface area contributed by atoms with Crippen molar-refractivity contribution in [3.63, 3.8) is 0 Å². The molecule has 12 heteroatoms. The SMILES string of the molecule is CC(=O)Nc1nc2ccc(-c3nn(Cc4nc5ccccc5nc4N4CCCC4)c4ncnc(N)c34)cc2s1. The summed E-state index contributed by atoms with van der Waals surface area (Å²) in [7, 11) is 0. The van der Waals surface area contributed by atoms with E-state index in [1.54, 1.807) is 0 Å². The Kier molecular flexibility index (Phi) is 5.55. The molecule has 0 atom stereocenters. The van der Waals surface area contributed by atoms with Gasteiger partial charge in [0.05, 0.1) is 33.2 Å². The summed E-state index contributed by atoms with van der Waals surface area (Å²) in [5, 5.41) is 8.98. The Labute approximate surface area is 226 Å². The van der Waals surface area contributed by atoms with Crippen molar-refractivity contribution in [3.8, 4) is 11.3 Å². The fourth-order valence-corrected chi connectivity index (χ4v) is 6.03. The van der Waals surface area contributed by atoms with Gasteiger partial charge in [-0.2, -0.15) is 5.10 Å². The molecular weight excluding hydrogens is 512 g/mol. The summed E-state index contributed by atoms with van der Waals surface area (Å²) in [6, 6.07) is 13.8. The van der Waals surface area contributed by atoms with E-state index in [1.807, 2.05) is 47.1 Å². The van der Waals surface area contributed by atoms with Gasteiger partial charge in [0.2, 0.25) is 5.91 Å². The molecule has 1 aliphatic rings. The first kappa shape index (κ1) is 23.4. The van der Waals surface area contributed by atoms with Gasteiger partial charge in [-0.05, 0) is 37.1 Å². The zero-order valence-corrected chi connectivity index (χ0v) is 21.9. The summed E-state index contributed by atoms with van der Waals surface area (Å²) in [5.41, 5.74) is 11.9. The van der Waals surface area contributed by atoms with Crippen LogP contribution in [0.2, 0.25) is 0 Å². The molecule has 1 aliphatic heterocycles. The first-order valence-corrected chi connectivity index (χ1v) is 13.5. The van der Waals surface area contributed by atoms with Crippen LogP contribution < -0.4 is 16.0 Å². The first-order valence-electron chi connectivity index (χ1n) is 12.7. The van der Waals surface area contributed by atoms with E-state index in [9.17, 15) is 4.79 Å². The maximum absolute atomic E-state index is 11.5. The van der Waals surface area contributed by atoms with E-state index in [0.717, 1.165) is 64.3 Å². The molecule has 1 fully saturated rings. The van der Waals surface area contributed by atoms with Crippen LogP contribution in [0.1, 0.15) is 25.5 Å². The molecule has 1 amide bonds. The largest absolute Gasteiger partial charge is 0.383 e. The number of nitrogens with two attached hydrogens (primary N) is 1. The molecule has 7 rings (SSSR count). The van der Waals surface area contributed by atoms with Gasteiger partial charge in [-0.3, -0.25) is 4.79 Å². The normalized spacial score (nSPS) is 13.6. The maximum Gasteiger partial charge on any atom is 0.223 e. The van der Waals surface area contributed by atoms with Crippen LogP contribution in [0, 0.1) is 0 Å². The van der Waals surface area contributed by atoms with Crippen LogP contribution >= 0.6 is 11.3 Å². The zero-order valence-electron chi connectivity index (χ0n) is 21.1. The molecule has 3 N–H and O–H groups in total. The molecule has 6 aromatic rings. The van der Waals surface area contributed by atoms with Gasteiger partial charge in [0, 0.05) is 25.6 Å². The van der Waals surface area contributed by atoms with E-state index >= 15 is 0 Å². The molecular formula is C27H24N10OS. The highest BCUT2D eigenvalue weighted by Crippen LogP contribution is 2.35. The van der Waals surface area contributed by atoms with Gasteiger partial charge in [-0.1, -0.05) is 29.5 Å². The summed E-state index contributed by atoms with van der Waals surface area (Å²) in [4.78, 5) is 37.1. The number of benzene rings is 2. The van der Waals surface area contributed by atoms with Crippen LogP contribution in [0.25, 0.3) is 43.5 Å². The number of thiazole rings is 1. The molecule has 4 aromatic heterocycles. The summed E-state index contributed by atoms with van der Waals surface area (Å²) in [5.74, 6) is 1.08. The van der Waals surface area contributed by atoms with E-state index in [0.29, 0.717) is 34.2 Å². The third kappa shape index (κ3) is 4.18. The van der Waals surface area contributed by atoms with E-state index in [2.05, 4.69) is 25.2 Å². The number of carbonyl (C=O) groups excluding carboxylic acids is 1. The third-order valence-electron chi connectivity index (χ3n) is 6.83. The van der Waals surface area contributed by atoms with Gasteiger partial charge in [0.15, 0.2) is 16.6 Å². The van der Waals surface area contributed by atoms with Crippen molar-refractivity contribution in [1.82, 2.24) is 34.7 Å². The second-order valence-electron chi connectivity index (χ2n) is 9.52. The van der Waals surface area contributed by atoms with E-state index in [4.69, 9.17) is 20.8 Å². The average molecular weight is 537 g/mol. The number of fused-ring (bicyclic) bond motifs is 3. The highest BCUT2D eigenvalue weighted by Gasteiger charge is 2.23. The lowest BCUT2D eigenvalue weighted by Gasteiger charge is -2.20. The van der Waals surface area contributed by atoms with Crippen LogP contribution in [0.4, 0.5) is 16.8 Å². The molecule has 0 radical (unpaired) electrons. The van der Waals surface area contributed by atoms with Crippen molar-refractivity contribution in [2.45, 2.75) is 26.3 Å². The lowest BCUT2D eigenvalue weighted by atomic mass is 10.1. The molecule has 5 heterocycles. The molecule has 0 saturated carbocycles. The summed E-state index contributed by atoms with van der Waals surface area (Å²) in [6.07, 6.45) is 3.73. The molecule has 0 unspecified atom stereocenters. The Hall–Kier alpha value is -4.71. The fraction of sp³-hybridized carbons (Fsp3) is 0.222. The number of hydrogen-bond donors (Lipinski definition) is 2. The number of anilines is 3. The quantitative estimate of drug-likeness (QED) is 0.331. The predicted molar refractivity (Wildman–Crippen MR) is 153 cm³/mol. The van der Waals surface area contributed by atoms with Crippen LogP contribution in [-0.4, -0.2) is 53.7 Å². The minimum absolute atomic E-state index is 0.158. The average Bonchev–Trinajstić information content (AvgIpc) is 3.67. The van der Waals surface area contributed by atoms with Gasteiger partial charge >= 0.3 is 0 Å². The van der Waals surface area contributed by atoms with Crippen molar-refractivity contribution in [3.05, 3.63) is 54.5 Å². The van der Waals surface area contributed by atoms with Gasteiger partial charge in [-0.25, -0.2) is 29.6 Å². The standard InChI is InChI=1S/C27H24N10OS/c1-15(38)31-27-34-19-9-8-16(12-21(19)39-27)23-22-24(28)29-14-30-26(22)37(35-23)13-20-25(36-10-4-5-11-36)33-18-7-3-2-6-17(18)32-20/h2-3,6-9,12,14H,4-5,10-11,13H2,1H3,(H2,28,29,30)(H,31,34,38). The number of para-hydroxylation sites is 2. The first-order chi connectivity index (χ1) is 19.0. The van der Waals surface area contributed by atoms with Gasteiger partial charge in [0.25, 0.3) is 0 Å². The Balaban J connectivity index is 1.36. The molecule has 0 bridgehead atoms. The maximum atomic E-state index is 11.5. The van der Waals surface area contributed by atoms with Gasteiger partial charge < -0.3 is 16.0 Å². The van der Waals surface area contributed by atoms with E-state index in [-0.39, 0.29) is 5.91 Å². The Morgan fingerprint density at radius 2 is 1.82 bits per heavy atom. The lowest BCUT2D eigenvalue weighted by Crippen LogP contribution is -2.22. The smallest absolute Gasteiger partial charge is 0.223 e. The van der Waals surface area contributed by atoms with Crippen LogP contribution in [0.3, 0.4) is 0 Å². The second-order valence-corrected chi connectivity index (χ2v) is 10.6. The zero-order chi connectivity index (χ0) is 26.5. The number of nitrogen functional groups attached to an aromatic ring is 1. The highest BCUT2D eigenvalue weighted by molar-refractivity contribution is 7.22. The molecule has 0 spiro atoms. The minimum atomic E-state index is -0.158.